The van der Waals surface area contributed by atoms with Gasteiger partial charge in [0, 0.05) is 4.88 Å². The molecule has 1 aliphatic carbocycles. The number of benzene rings is 1. The normalized spacial score (nSPS) is 16.1. The van der Waals surface area contributed by atoms with Gasteiger partial charge in [0.2, 0.25) is 0 Å². The fraction of sp³-hybridized carbons (Fsp3) is 0.381. The van der Waals surface area contributed by atoms with E-state index in [0.717, 1.165) is 29.7 Å². The van der Waals surface area contributed by atoms with Gasteiger partial charge in [0.25, 0.3) is 11.8 Å². The van der Waals surface area contributed by atoms with Crippen molar-refractivity contribution >= 4 is 57.1 Å². The molecule has 0 radical (unpaired) electrons. The molecule has 0 saturated carbocycles. The molecule has 0 fully saturated rings. The van der Waals surface area contributed by atoms with Gasteiger partial charge in [-0.05, 0) is 60.5 Å². The molecule has 29 heavy (non-hydrogen) atoms. The Morgan fingerprint density at radius 1 is 1.28 bits per heavy atom. The molecule has 1 heterocycles. The Balaban J connectivity index is 1.80. The van der Waals surface area contributed by atoms with Gasteiger partial charge in [-0.15, -0.1) is 11.3 Å². The highest BCUT2D eigenvalue weighted by molar-refractivity contribution is 7.80. The molecular formula is C21H24ClN3O2S2. The first-order valence-corrected chi connectivity index (χ1v) is 11.0. The predicted molar refractivity (Wildman–Crippen MR) is 123 cm³/mol. The molecule has 0 saturated heterocycles. The summed E-state index contributed by atoms with van der Waals surface area (Å²) < 4.78 is 0. The second kappa shape index (κ2) is 8.42. The molecule has 2 amide bonds. The van der Waals surface area contributed by atoms with Crippen LogP contribution in [0.1, 0.15) is 58.3 Å². The van der Waals surface area contributed by atoms with E-state index < -0.39 is 11.8 Å². The predicted octanol–water partition coefficient (Wildman–Crippen LogP) is 4.78. The average Bonchev–Trinajstić information content (AvgIpc) is 2.98. The van der Waals surface area contributed by atoms with Crippen LogP contribution in [0.25, 0.3) is 0 Å². The summed E-state index contributed by atoms with van der Waals surface area (Å²) in [7, 11) is 0. The first kappa shape index (κ1) is 21.7. The summed E-state index contributed by atoms with van der Waals surface area (Å²) in [6.07, 6.45) is 2.73. The van der Waals surface area contributed by atoms with Gasteiger partial charge < -0.3 is 11.1 Å². The minimum Gasteiger partial charge on any atom is -0.365 e. The van der Waals surface area contributed by atoms with Crippen LogP contribution in [0.2, 0.25) is 5.02 Å². The summed E-state index contributed by atoms with van der Waals surface area (Å²) in [5, 5.41) is 6.64. The highest BCUT2D eigenvalue weighted by atomic mass is 35.5. The van der Waals surface area contributed by atoms with Crippen molar-refractivity contribution in [2.45, 2.75) is 40.0 Å². The van der Waals surface area contributed by atoms with Gasteiger partial charge in [-0.3, -0.25) is 14.9 Å². The van der Waals surface area contributed by atoms with Crippen LogP contribution in [0.4, 0.5) is 5.00 Å². The summed E-state index contributed by atoms with van der Waals surface area (Å²) in [6, 6.07) is 6.72. The van der Waals surface area contributed by atoms with Crippen molar-refractivity contribution in [3.8, 4) is 0 Å². The maximum atomic E-state index is 12.4. The fourth-order valence-corrected chi connectivity index (χ4v) is 5.44. The zero-order valence-electron chi connectivity index (χ0n) is 16.6. The van der Waals surface area contributed by atoms with Gasteiger partial charge in [-0.25, -0.2) is 0 Å². The monoisotopic (exact) mass is 449 g/mol. The number of anilines is 1. The van der Waals surface area contributed by atoms with Gasteiger partial charge >= 0.3 is 0 Å². The average molecular weight is 450 g/mol. The molecule has 1 unspecified atom stereocenters. The molecule has 0 aliphatic heterocycles. The molecule has 1 aromatic heterocycles. The number of carbonyl (C=O) groups is 2. The number of thiocarbonyl (C=S) groups is 1. The lowest BCUT2D eigenvalue weighted by atomic mass is 9.72. The smallest absolute Gasteiger partial charge is 0.258 e. The van der Waals surface area contributed by atoms with Crippen molar-refractivity contribution in [2.24, 2.45) is 17.1 Å². The molecular weight excluding hydrogens is 426 g/mol. The van der Waals surface area contributed by atoms with Gasteiger partial charge in [0.1, 0.15) is 5.00 Å². The SMILES string of the molecule is CC(C)(C)C1CCc2c(sc(NC(=S)NC(=O)c3ccccc3Cl)c2C(N)=O)C1. The number of hydrogen-bond donors (Lipinski definition) is 3. The third-order valence-corrected chi connectivity index (χ3v) is 7.01. The minimum absolute atomic E-state index is 0.100. The topological polar surface area (TPSA) is 84.2 Å². The Morgan fingerprint density at radius 3 is 2.59 bits per heavy atom. The summed E-state index contributed by atoms with van der Waals surface area (Å²) in [6.45, 7) is 6.72. The van der Waals surface area contributed by atoms with E-state index in [1.807, 2.05) is 0 Å². The van der Waals surface area contributed by atoms with Crippen molar-refractivity contribution in [2.75, 3.05) is 5.32 Å². The van der Waals surface area contributed by atoms with E-state index in [-0.39, 0.29) is 10.5 Å². The van der Waals surface area contributed by atoms with Crippen LogP contribution in [-0.4, -0.2) is 16.9 Å². The Bertz CT molecular complexity index is 979. The third kappa shape index (κ3) is 4.79. The van der Waals surface area contributed by atoms with Crippen LogP contribution < -0.4 is 16.4 Å². The quantitative estimate of drug-likeness (QED) is 0.589. The Hall–Kier alpha value is -1.96. The van der Waals surface area contributed by atoms with E-state index in [1.54, 1.807) is 24.3 Å². The van der Waals surface area contributed by atoms with E-state index in [2.05, 4.69) is 31.4 Å². The second-order valence-corrected chi connectivity index (χ2v) is 10.2. The van der Waals surface area contributed by atoms with Crippen molar-refractivity contribution in [1.82, 2.24) is 5.32 Å². The van der Waals surface area contributed by atoms with E-state index in [9.17, 15) is 9.59 Å². The van der Waals surface area contributed by atoms with Crippen LogP contribution in [0.5, 0.6) is 0 Å². The third-order valence-electron chi connectivity index (χ3n) is 5.31. The number of nitrogens with two attached hydrogens (primary N) is 1. The Labute approximate surface area is 185 Å². The van der Waals surface area contributed by atoms with Crippen molar-refractivity contribution in [3.63, 3.8) is 0 Å². The molecule has 2 aromatic rings. The molecule has 4 N–H and O–H groups in total. The largest absolute Gasteiger partial charge is 0.365 e. The van der Waals surface area contributed by atoms with Gasteiger partial charge in [-0.2, -0.15) is 0 Å². The van der Waals surface area contributed by atoms with Crippen molar-refractivity contribution in [1.29, 1.82) is 0 Å². The van der Waals surface area contributed by atoms with Crippen LogP contribution in [0.15, 0.2) is 24.3 Å². The molecule has 3 rings (SSSR count). The van der Waals surface area contributed by atoms with Crippen LogP contribution in [-0.2, 0) is 12.8 Å². The zero-order valence-corrected chi connectivity index (χ0v) is 19.0. The standard InChI is InChI=1S/C21H24ClN3O2S2/c1-21(2,3)11-8-9-13-15(10-11)29-19(16(13)17(23)26)25-20(28)24-18(27)12-6-4-5-7-14(12)22/h4-7,11H,8-10H2,1-3H3,(H2,23,26)(H2,24,25,27,28). The van der Waals surface area contributed by atoms with E-state index >= 15 is 0 Å². The van der Waals surface area contributed by atoms with Gasteiger partial charge in [0.05, 0.1) is 16.1 Å². The number of rotatable bonds is 3. The number of thiophene rings is 1. The number of primary amides is 1. The molecule has 154 valence electrons. The molecule has 1 aromatic carbocycles. The summed E-state index contributed by atoms with van der Waals surface area (Å²) in [5.41, 5.74) is 7.68. The van der Waals surface area contributed by atoms with Crippen molar-refractivity contribution in [3.05, 3.63) is 50.9 Å². The van der Waals surface area contributed by atoms with E-state index in [4.69, 9.17) is 29.6 Å². The first-order chi connectivity index (χ1) is 13.6. The van der Waals surface area contributed by atoms with Crippen LogP contribution in [0, 0.1) is 11.3 Å². The number of nitrogens with one attached hydrogen (secondary N) is 2. The lowest BCUT2D eigenvalue weighted by Crippen LogP contribution is -2.34. The summed E-state index contributed by atoms with van der Waals surface area (Å²) >= 11 is 12.8. The molecule has 0 bridgehead atoms. The lowest BCUT2D eigenvalue weighted by Gasteiger charge is -2.33. The molecule has 1 atom stereocenters. The summed E-state index contributed by atoms with van der Waals surface area (Å²) in [4.78, 5) is 25.7. The fourth-order valence-electron chi connectivity index (χ4n) is 3.62. The second-order valence-electron chi connectivity index (χ2n) is 8.27. The number of fused-ring (bicyclic) bond motifs is 1. The maximum absolute atomic E-state index is 12.4. The molecule has 1 aliphatic rings. The molecule has 8 heteroatoms. The number of hydrogen-bond acceptors (Lipinski definition) is 4. The first-order valence-electron chi connectivity index (χ1n) is 9.39. The van der Waals surface area contributed by atoms with Crippen molar-refractivity contribution < 1.29 is 9.59 Å². The zero-order chi connectivity index (χ0) is 21.3. The highest BCUT2D eigenvalue weighted by Gasteiger charge is 2.33. The maximum Gasteiger partial charge on any atom is 0.258 e. The van der Waals surface area contributed by atoms with Crippen LogP contribution in [0.3, 0.4) is 0 Å². The number of halogens is 1. The molecule has 0 spiro atoms. The lowest BCUT2D eigenvalue weighted by molar-refractivity contribution is 0.0975. The van der Waals surface area contributed by atoms with E-state index in [1.165, 1.54) is 11.3 Å². The minimum atomic E-state index is -0.487. The highest BCUT2D eigenvalue weighted by Crippen LogP contribution is 2.44. The van der Waals surface area contributed by atoms with Gasteiger partial charge in [0.15, 0.2) is 5.11 Å². The number of carbonyl (C=O) groups excluding carboxylic acids is 2. The Morgan fingerprint density at radius 2 is 1.97 bits per heavy atom. The summed E-state index contributed by atoms with van der Waals surface area (Å²) in [5.74, 6) is -0.364. The van der Waals surface area contributed by atoms with Gasteiger partial charge in [-0.1, -0.05) is 44.5 Å². The van der Waals surface area contributed by atoms with Crippen LogP contribution >= 0.6 is 35.2 Å². The molecule has 5 nitrogen and oxygen atoms in total. The number of amides is 2. The Kier molecular flexibility index (Phi) is 6.31. The van der Waals surface area contributed by atoms with E-state index in [0.29, 0.717) is 27.1 Å².